The van der Waals surface area contributed by atoms with Gasteiger partial charge in [-0.1, -0.05) is 19.8 Å². The number of aryl methyl sites for hydroxylation is 1. The fourth-order valence-corrected chi connectivity index (χ4v) is 3.22. The lowest BCUT2D eigenvalue weighted by Gasteiger charge is -2.26. The van der Waals surface area contributed by atoms with Crippen molar-refractivity contribution in [2.75, 3.05) is 5.73 Å². The Morgan fingerprint density at radius 1 is 1.35 bits per heavy atom. The molecule has 0 amide bonds. The van der Waals surface area contributed by atoms with E-state index in [0.29, 0.717) is 12.0 Å². The van der Waals surface area contributed by atoms with E-state index in [2.05, 4.69) is 32.3 Å². The molecule has 96 valence electrons. The molecule has 2 unspecified atom stereocenters. The summed E-state index contributed by atoms with van der Waals surface area (Å²) in [5.41, 5.74) is 7.44. The van der Waals surface area contributed by atoms with E-state index < -0.39 is 0 Å². The monoisotopic (exact) mass is 235 g/mol. The standard InChI is InChI=1S/C14H25N3/c1-9(2)17-11(4)16-13(14(17)15)12-7-5-6-10(3)8-12/h9-10,12H,5-8,15H2,1-4H3. The van der Waals surface area contributed by atoms with Crippen LogP contribution < -0.4 is 5.73 Å². The average molecular weight is 235 g/mol. The number of rotatable bonds is 2. The molecule has 2 atom stereocenters. The summed E-state index contributed by atoms with van der Waals surface area (Å²) in [5, 5.41) is 0. The molecule has 0 radical (unpaired) electrons. The molecule has 3 heteroatoms. The second kappa shape index (κ2) is 4.71. The molecule has 1 heterocycles. The summed E-state index contributed by atoms with van der Waals surface area (Å²) in [6.07, 6.45) is 5.18. The van der Waals surface area contributed by atoms with Crippen molar-refractivity contribution >= 4 is 5.82 Å². The minimum atomic E-state index is 0.400. The molecular formula is C14H25N3. The minimum absolute atomic E-state index is 0.400. The largest absolute Gasteiger partial charge is 0.384 e. The van der Waals surface area contributed by atoms with Gasteiger partial charge in [0.25, 0.3) is 0 Å². The predicted octanol–water partition coefficient (Wildman–Crippen LogP) is 3.65. The Labute approximate surface area is 104 Å². The number of anilines is 1. The number of nitrogens with zero attached hydrogens (tertiary/aromatic N) is 2. The second-order valence-electron chi connectivity index (χ2n) is 5.86. The Kier molecular flexibility index (Phi) is 3.45. The molecule has 2 rings (SSSR count). The van der Waals surface area contributed by atoms with Crippen LogP contribution in [0.2, 0.25) is 0 Å². The lowest BCUT2D eigenvalue weighted by molar-refractivity contribution is 0.341. The van der Waals surface area contributed by atoms with Crippen molar-refractivity contribution in [3.8, 4) is 0 Å². The van der Waals surface area contributed by atoms with Gasteiger partial charge in [0, 0.05) is 12.0 Å². The number of imidazole rings is 1. The van der Waals surface area contributed by atoms with Crippen molar-refractivity contribution in [3.05, 3.63) is 11.5 Å². The molecule has 0 saturated heterocycles. The molecule has 1 aromatic heterocycles. The molecule has 1 saturated carbocycles. The number of hydrogen-bond donors (Lipinski definition) is 1. The topological polar surface area (TPSA) is 43.8 Å². The first-order valence-electron chi connectivity index (χ1n) is 6.85. The minimum Gasteiger partial charge on any atom is -0.384 e. The van der Waals surface area contributed by atoms with Crippen molar-refractivity contribution in [3.63, 3.8) is 0 Å². The van der Waals surface area contributed by atoms with Crippen molar-refractivity contribution in [2.45, 2.75) is 65.3 Å². The summed E-state index contributed by atoms with van der Waals surface area (Å²) >= 11 is 0. The maximum atomic E-state index is 6.28. The molecule has 3 nitrogen and oxygen atoms in total. The Morgan fingerprint density at radius 2 is 2.06 bits per heavy atom. The van der Waals surface area contributed by atoms with E-state index in [9.17, 15) is 0 Å². The fraction of sp³-hybridized carbons (Fsp3) is 0.786. The Balaban J connectivity index is 2.29. The third-order valence-electron chi connectivity index (χ3n) is 3.99. The van der Waals surface area contributed by atoms with Crippen LogP contribution in [0.4, 0.5) is 5.82 Å². The van der Waals surface area contributed by atoms with Crippen LogP contribution in [0, 0.1) is 12.8 Å². The van der Waals surface area contributed by atoms with Crippen LogP contribution in [0.1, 0.15) is 69.9 Å². The molecule has 0 bridgehead atoms. The first-order chi connectivity index (χ1) is 8.00. The maximum absolute atomic E-state index is 6.28. The van der Waals surface area contributed by atoms with Gasteiger partial charge in [0.15, 0.2) is 0 Å². The molecule has 2 N–H and O–H groups in total. The van der Waals surface area contributed by atoms with Gasteiger partial charge in [-0.3, -0.25) is 0 Å². The van der Waals surface area contributed by atoms with Gasteiger partial charge in [-0.05, 0) is 39.5 Å². The quantitative estimate of drug-likeness (QED) is 0.850. The van der Waals surface area contributed by atoms with Crippen LogP contribution in [0.25, 0.3) is 0 Å². The van der Waals surface area contributed by atoms with E-state index in [1.807, 2.05) is 0 Å². The first kappa shape index (κ1) is 12.5. The zero-order valence-corrected chi connectivity index (χ0v) is 11.5. The van der Waals surface area contributed by atoms with E-state index in [1.165, 1.54) is 25.7 Å². The molecule has 1 aromatic rings. The van der Waals surface area contributed by atoms with Gasteiger partial charge < -0.3 is 10.3 Å². The first-order valence-corrected chi connectivity index (χ1v) is 6.85. The molecule has 1 aliphatic rings. The normalized spacial score (nSPS) is 25.5. The molecule has 17 heavy (non-hydrogen) atoms. The number of hydrogen-bond acceptors (Lipinski definition) is 2. The lowest BCUT2D eigenvalue weighted by atomic mass is 9.81. The molecule has 0 spiro atoms. The van der Waals surface area contributed by atoms with Crippen molar-refractivity contribution in [1.82, 2.24) is 9.55 Å². The summed E-state index contributed by atoms with van der Waals surface area (Å²) in [4.78, 5) is 4.73. The SMILES string of the molecule is Cc1nc(C2CCCC(C)C2)c(N)n1C(C)C. The van der Waals surface area contributed by atoms with Gasteiger partial charge in [-0.25, -0.2) is 4.98 Å². The predicted molar refractivity (Wildman–Crippen MR) is 72.1 cm³/mol. The van der Waals surface area contributed by atoms with E-state index >= 15 is 0 Å². The van der Waals surface area contributed by atoms with E-state index in [4.69, 9.17) is 10.7 Å². The summed E-state index contributed by atoms with van der Waals surface area (Å²) < 4.78 is 2.16. The highest BCUT2D eigenvalue weighted by molar-refractivity contribution is 5.41. The number of nitrogens with two attached hydrogens (primary N) is 1. The third-order valence-corrected chi connectivity index (χ3v) is 3.99. The van der Waals surface area contributed by atoms with E-state index in [1.54, 1.807) is 0 Å². The molecule has 0 aromatic carbocycles. The van der Waals surface area contributed by atoms with Gasteiger partial charge in [-0.15, -0.1) is 0 Å². The number of aromatic nitrogens is 2. The van der Waals surface area contributed by atoms with Crippen LogP contribution in [0.3, 0.4) is 0 Å². The van der Waals surface area contributed by atoms with E-state index in [0.717, 1.165) is 23.3 Å². The Bertz CT molecular complexity index is 392. The molecule has 0 aliphatic heterocycles. The number of nitrogen functional groups attached to an aromatic ring is 1. The van der Waals surface area contributed by atoms with Gasteiger partial charge in [0.05, 0.1) is 5.69 Å². The van der Waals surface area contributed by atoms with E-state index in [-0.39, 0.29) is 0 Å². The smallest absolute Gasteiger partial charge is 0.127 e. The average Bonchev–Trinajstić information content (AvgIpc) is 2.54. The van der Waals surface area contributed by atoms with Crippen molar-refractivity contribution in [1.29, 1.82) is 0 Å². The van der Waals surface area contributed by atoms with Gasteiger partial charge >= 0.3 is 0 Å². The highest BCUT2D eigenvalue weighted by Gasteiger charge is 2.26. The summed E-state index contributed by atoms with van der Waals surface area (Å²) in [6, 6.07) is 0.400. The highest BCUT2D eigenvalue weighted by atomic mass is 15.2. The van der Waals surface area contributed by atoms with Crippen molar-refractivity contribution < 1.29 is 0 Å². The third kappa shape index (κ3) is 2.33. The Morgan fingerprint density at radius 3 is 2.59 bits per heavy atom. The zero-order valence-electron chi connectivity index (χ0n) is 11.5. The molecule has 1 fully saturated rings. The van der Waals surface area contributed by atoms with Gasteiger partial charge in [0.2, 0.25) is 0 Å². The van der Waals surface area contributed by atoms with Crippen LogP contribution in [0.15, 0.2) is 0 Å². The Hall–Kier alpha value is -0.990. The van der Waals surface area contributed by atoms with Gasteiger partial charge in [0.1, 0.15) is 11.6 Å². The summed E-state index contributed by atoms with van der Waals surface area (Å²) in [7, 11) is 0. The lowest BCUT2D eigenvalue weighted by Crippen LogP contribution is -2.14. The van der Waals surface area contributed by atoms with Crippen LogP contribution >= 0.6 is 0 Å². The second-order valence-corrected chi connectivity index (χ2v) is 5.86. The highest BCUT2D eigenvalue weighted by Crippen LogP contribution is 2.38. The maximum Gasteiger partial charge on any atom is 0.127 e. The summed E-state index contributed by atoms with van der Waals surface area (Å²) in [5.74, 6) is 3.36. The molecule has 1 aliphatic carbocycles. The van der Waals surface area contributed by atoms with Crippen molar-refractivity contribution in [2.24, 2.45) is 5.92 Å². The zero-order chi connectivity index (χ0) is 12.6. The van der Waals surface area contributed by atoms with Crippen LogP contribution in [-0.2, 0) is 0 Å². The van der Waals surface area contributed by atoms with Gasteiger partial charge in [-0.2, -0.15) is 0 Å². The van der Waals surface area contributed by atoms with Crippen LogP contribution in [0.5, 0.6) is 0 Å². The van der Waals surface area contributed by atoms with Crippen LogP contribution in [-0.4, -0.2) is 9.55 Å². The fourth-order valence-electron chi connectivity index (χ4n) is 3.22. The molecular weight excluding hydrogens is 210 g/mol. The summed E-state index contributed by atoms with van der Waals surface area (Å²) in [6.45, 7) is 8.73.